The zero-order valence-electron chi connectivity index (χ0n) is 12.1. The highest BCUT2D eigenvalue weighted by Crippen LogP contribution is 2.36. The highest BCUT2D eigenvalue weighted by Gasteiger charge is 2.34. The van der Waals surface area contributed by atoms with Crippen LogP contribution < -0.4 is 5.32 Å². The smallest absolute Gasteiger partial charge is 0.328 e. The van der Waals surface area contributed by atoms with E-state index in [0.717, 1.165) is 31.8 Å². The fourth-order valence-corrected chi connectivity index (χ4v) is 2.61. The van der Waals surface area contributed by atoms with Gasteiger partial charge in [-0.1, -0.05) is 26.2 Å². The zero-order valence-corrected chi connectivity index (χ0v) is 12.1. The van der Waals surface area contributed by atoms with Crippen molar-refractivity contribution in [3.05, 3.63) is 30.0 Å². The maximum absolute atomic E-state index is 12.4. The molecular formula is C16H20N2O3. The van der Waals surface area contributed by atoms with Crippen LogP contribution in [0.5, 0.6) is 0 Å². The molecule has 0 saturated heterocycles. The van der Waals surface area contributed by atoms with Crippen LogP contribution >= 0.6 is 0 Å². The molecule has 0 unspecified atom stereocenters. The van der Waals surface area contributed by atoms with Crippen molar-refractivity contribution in [2.45, 2.75) is 39.0 Å². The molecule has 1 saturated carbocycles. The number of nitrogens with zero attached hydrogens (tertiary/aromatic N) is 1. The van der Waals surface area contributed by atoms with Crippen molar-refractivity contribution in [3.63, 3.8) is 0 Å². The second kappa shape index (κ2) is 6.52. The number of carbonyl (C=O) groups is 2. The molecular weight excluding hydrogens is 268 g/mol. The fraction of sp³-hybridized carbons (Fsp3) is 0.438. The van der Waals surface area contributed by atoms with Gasteiger partial charge in [0.1, 0.15) is 5.82 Å². The first-order valence-corrected chi connectivity index (χ1v) is 7.18. The molecule has 1 fully saturated rings. The van der Waals surface area contributed by atoms with E-state index in [1.54, 1.807) is 18.3 Å². The van der Waals surface area contributed by atoms with E-state index in [-0.39, 0.29) is 11.3 Å². The lowest BCUT2D eigenvalue weighted by Crippen LogP contribution is -2.35. The number of pyridine rings is 1. The number of aromatic nitrogens is 1. The van der Waals surface area contributed by atoms with Crippen molar-refractivity contribution < 1.29 is 14.7 Å². The van der Waals surface area contributed by atoms with Gasteiger partial charge in [-0.25, -0.2) is 9.78 Å². The summed E-state index contributed by atoms with van der Waals surface area (Å²) in [6, 6.07) is 3.36. The Morgan fingerprint density at radius 1 is 1.33 bits per heavy atom. The van der Waals surface area contributed by atoms with Gasteiger partial charge in [0.15, 0.2) is 0 Å². The summed E-state index contributed by atoms with van der Waals surface area (Å²) in [5, 5.41) is 11.5. The summed E-state index contributed by atoms with van der Waals surface area (Å²) in [7, 11) is 0. The molecule has 0 aliphatic heterocycles. The summed E-state index contributed by atoms with van der Waals surface area (Å²) in [6.07, 6.45) is 9.24. The number of rotatable bonds is 4. The van der Waals surface area contributed by atoms with Gasteiger partial charge in [-0.2, -0.15) is 0 Å². The first kappa shape index (κ1) is 15.2. The van der Waals surface area contributed by atoms with Crippen molar-refractivity contribution in [1.82, 2.24) is 4.98 Å². The molecule has 1 aromatic rings. The van der Waals surface area contributed by atoms with Crippen LogP contribution in [0, 0.1) is 5.41 Å². The molecule has 0 aromatic carbocycles. The summed E-state index contributed by atoms with van der Waals surface area (Å²) in [4.78, 5) is 27.0. The van der Waals surface area contributed by atoms with Crippen LogP contribution in [0.1, 0.15) is 44.6 Å². The lowest BCUT2D eigenvalue weighted by molar-refractivity contribution is -0.131. The molecule has 1 aromatic heterocycles. The van der Waals surface area contributed by atoms with Crippen molar-refractivity contribution in [2.24, 2.45) is 5.41 Å². The maximum atomic E-state index is 12.4. The fourth-order valence-electron chi connectivity index (χ4n) is 2.61. The van der Waals surface area contributed by atoms with Gasteiger partial charge in [-0.15, -0.1) is 0 Å². The Labute approximate surface area is 124 Å². The molecule has 1 aliphatic carbocycles. The number of amides is 1. The quantitative estimate of drug-likeness (QED) is 0.834. The largest absolute Gasteiger partial charge is 0.478 e. The minimum absolute atomic E-state index is 0.00550. The van der Waals surface area contributed by atoms with E-state index in [1.165, 1.54) is 12.5 Å². The Morgan fingerprint density at radius 2 is 2.05 bits per heavy atom. The van der Waals surface area contributed by atoms with Gasteiger partial charge in [0, 0.05) is 17.7 Å². The average Bonchev–Trinajstić information content (AvgIpc) is 2.46. The van der Waals surface area contributed by atoms with Crippen LogP contribution in [-0.4, -0.2) is 22.0 Å². The SMILES string of the molecule is CC1(C(=O)Nc2cc(/C=C/C(=O)O)ccn2)CCCCC1. The van der Waals surface area contributed by atoms with Gasteiger partial charge in [0.05, 0.1) is 0 Å². The molecule has 1 amide bonds. The summed E-state index contributed by atoms with van der Waals surface area (Å²) >= 11 is 0. The minimum Gasteiger partial charge on any atom is -0.478 e. The molecule has 2 N–H and O–H groups in total. The number of carboxylic acids is 1. The van der Waals surface area contributed by atoms with Crippen molar-refractivity contribution in [2.75, 3.05) is 5.32 Å². The van der Waals surface area contributed by atoms with E-state index in [1.807, 2.05) is 6.92 Å². The lowest BCUT2D eigenvalue weighted by Gasteiger charge is -2.31. The van der Waals surface area contributed by atoms with E-state index < -0.39 is 5.97 Å². The van der Waals surface area contributed by atoms with Crippen LogP contribution in [0.3, 0.4) is 0 Å². The molecule has 5 nitrogen and oxygen atoms in total. The van der Waals surface area contributed by atoms with Crippen LogP contribution in [0.15, 0.2) is 24.4 Å². The van der Waals surface area contributed by atoms with Crippen LogP contribution in [0.2, 0.25) is 0 Å². The van der Waals surface area contributed by atoms with E-state index >= 15 is 0 Å². The molecule has 1 heterocycles. The highest BCUT2D eigenvalue weighted by atomic mass is 16.4. The lowest BCUT2D eigenvalue weighted by atomic mass is 9.75. The molecule has 0 atom stereocenters. The number of carbonyl (C=O) groups excluding carboxylic acids is 1. The van der Waals surface area contributed by atoms with Gasteiger partial charge in [0.25, 0.3) is 0 Å². The summed E-state index contributed by atoms with van der Waals surface area (Å²) < 4.78 is 0. The molecule has 2 rings (SSSR count). The third kappa shape index (κ3) is 4.15. The summed E-state index contributed by atoms with van der Waals surface area (Å²) in [5.74, 6) is -0.555. The molecule has 0 spiro atoms. The van der Waals surface area contributed by atoms with Gasteiger partial charge < -0.3 is 10.4 Å². The Balaban J connectivity index is 2.07. The van der Waals surface area contributed by atoms with E-state index in [4.69, 9.17) is 5.11 Å². The normalized spacial score (nSPS) is 17.6. The number of hydrogen-bond donors (Lipinski definition) is 2. The number of aliphatic carboxylic acids is 1. The molecule has 21 heavy (non-hydrogen) atoms. The molecule has 112 valence electrons. The Bertz CT molecular complexity index is 560. The summed E-state index contributed by atoms with van der Waals surface area (Å²) in [5.41, 5.74) is 0.365. The predicted molar refractivity (Wildman–Crippen MR) is 80.7 cm³/mol. The Kier molecular flexibility index (Phi) is 4.73. The first-order valence-electron chi connectivity index (χ1n) is 7.18. The van der Waals surface area contributed by atoms with E-state index in [9.17, 15) is 9.59 Å². The number of carboxylic acid groups (broad SMARTS) is 1. The number of anilines is 1. The third-order valence-electron chi connectivity index (χ3n) is 3.95. The van der Waals surface area contributed by atoms with Gasteiger partial charge in [0.2, 0.25) is 5.91 Å². The minimum atomic E-state index is -1.01. The molecule has 5 heteroatoms. The first-order chi connectivity index (χ1) is 9.99. The Morgan fingerprint density at radius 3 is 2.71 bits per heavy atom. The van der Waals surface area contributed by atoms with E-state index in [0.29, 0.717) is 11.4 Å². The predicted octanol–water partition coefficient (Wildman–Crippen LogP) is 3.09. The molecule has 1 aliphatic rings. The molecule has 0 bridgehead atoms. The number of nitrogens with one attached hydrogen (secondary N) is 1. The van der Waals surface area contributed by atoms with Crippen molar-refractivity contribution in [3.8, 4) is 0 Å². The van der Waals surface area contributed by atoms with Crippen molar-refractivity contribution in [1.29, 1.82) is 0 Å². The standard InChI is InChI=1S/C16H20N2O3/c1-16(8-3-2-4-9-16)15(21)18-13-11-12(7-10-17-13)5-6-14(19)20/h5-7,10-11H,2-4,8-9H2,1H3,(H,19,20)(H,17,18,21)/b6-5+. The van der Waals surface area contributed by atoms with Gasteiger partial charge >= 0.3 is 5.97 Å². The summed E-state index contributed by atoms with van der Waals surface area (Å²) in [6.45, 7) is 2.00. The van der Waals surface area contributed by atoms with E-state index in [2.05, 4.69) is 10.3 Å². The monoisotopic (exact) mass is 288 g/mol. The van der Waals surface area contributed by atoms with Crippen LogP contribution in [-0.2, 0) is 9.59 Å². The number of hydrogen-bond acceptors (Lipinski definition) is 3. The van der Waals surface area contributed by atoms with Crippen LogP contribution in [0.25, 0.3) is 6.08 Å². The second-order valence-electron chi connectivity index (χ2n) is 5.72. The average molecular weight is 288 g/mol. The second-order valence-corrected chi connectivity index (χ2v) is 5.72. The van der Waals surface area contributed by atoms with Crippen LogP contribution in [0.4, 0.5) is 5.82 Å². The zero-order chi connectivity index (χ0) is 15.3. The Hall–Kier alpha value is -2.17. The van der Waals surface area contributed by atoms with Gasteiger partial charge in [-0.3, -0.25) is 4.79 Å². The van der Waals surface area contributed by atoms with Crippen molar-refractivity contribution >= 4 is 23.8 Å². The maximum Gasteiger partial charge on any atom is 0.328 e. The third-order valence-corrected chi connectivity index (χ3v) is 3.95. The van der Waals surface area contributed by atoms with Gasteiger partial charge in [-0.05, 0) is 36.6 Å². The topological polar surface area (TPSA) is 79.3 Å². The highest BCUT2D eigenvalue weighted by molar-refractivity contribution is 5.94. The molecule has 0 radical (unpaired) electrons.